The quantitative estimate of drug-likeness (QED) is 0.688. The zero-order valence-electron chi connectivity index (χ0n) is 8.38. The van der Waals surface area contributed by atoms with Crippen LogP contribution in [0.15, 0.2) is 52.7 Å². The van der Waals surface area contributed by atoms with Crippen LogP contribution in [0.4, 0.5) is 0 Å². The van der Waals surface area contributed by atoms with Crippen LogP contribution in [0.25, 0.3) is 0 Å². The van der Waals surface area contributed by atoms with E-state index < -0.39 is 5.91 Å². The number of aliphatic imine (C=N–C) groups is 1. The summed E-state index contributed by atoms with van der Waals surface area (Å²) in [5.41, 5.74) is 5.47. The molecule has 0 radical (unpaired) electrons. The molecular weight excluding hydrogens is 206 g/mol. The predicted molar refractivity (Wildman–Crippen MR) is 57.8 cm³/mol. The number of rotatable bonds is 1. The number of nitrogens with two attached hydrogens (primary N) is 1. The lowest BCUT2D eigenvalue weighted by atomic mass is 10.2. The molecule has 0 aromatic carbocycles. The van der Waals surface area contributed by atoms with Gasteiger partial charge in [-0.25, -0.2) is 4.99 Å². The van der Waals surface area contributed by atoms with Gasteiger partial charge in [0.1, 0.15) is 11.5 Å². The Morgan fingerprint density at radius 3 is 3.25 bits per heavy atom. The summed E-state index contributed by atoms with van der Waals surface area (Å²) in [6, 6.07) is 0. The molecule has 0 saturated heterocycles. The molecule has 5 nitrogen and oxygen atoms in total. The standard InChI is InChI=1S/C11H9N3O2/c12-10(15)8-4-5-14-6-7-2-1-3-9(16-7)11(14)13-8/h1-4,6H,5H2,(H2,12,15). The van der Waals surface area contributed by atoms with E-state index in [9.17, 15) is 4.79 Å². The van der Waals surface area contributed by atoms with E-state index in [1.165, 1.54) is 0 Å². The van der Waals surface area contributed by atoms with Crippen LogP contribution in [-0.2, 0) is 9.53 Å². The summed E-state index contributed by atoms with van der Waals surface area (Å²) in [4.78, 5) is 17.1. The number of amides is 1. The molecular formula is C11H9N3O2. The molecule has 0 aromatic heterocycles. The van der Waals surface area contributed by atoms with Crippen LogP contribution in [0.1, 0.15) is 0 Å². The highest BCUT2D eigenvalue weighted by atomic mass is 16.5. The van der Waals surface area contributed by atoms with Gasteiger partial charge in [-0.05, 0) is 18.2 Å². The maximum absolute atomic E-state index is 11.0. The first kappa shape index (κ1) is 8.96. The van der Waals surface area contributed by atoms with Gasteiger partial charge in [0.05, 0.1) is 0 Å². The van der Waals surface area contributed by atoms with Gasteiger partial charge in [0.25, 0.3) is 5.91 Å². The number of hydrogen-bond acceptors (Lipinski definition) is 4. The molecule has 0 aromatic rings. The fourth-order valence-corrected chi connectivity index (χ4v) is 1.73. The molecule has 2 N–H and O–H groups in total. The van der Waals surface area contributed by atoms with Gasteiger partial charge < -0.3 is 15.4 Å². The topological polar surface area (TPSA) is 67.9 Å². The zero-order valence-corrected chi connectivity index (χ0v) is 8.38. The minimum atomic E-state index is -0.520. The lowest BCUT2D eigenvalue weighted by Crippen LogP contribution is -2.36. The fourth-order valence-electron chi connectivity index (χ4n) is 1.73. The second-order valence-electron chi connectivity index (χ2n) is 3.56. The molecule has 5 heteroatoms. The third-order valence-electron chi connectivity index (χ3n) is 2.47. The lowest BCUT2D eigenvalue weighted by molar-refractivity contribution is -0.114. The van der Waals surface area contributed by atoms with E-state index >= 15 is 0 Å². The van der Waals surface area contributed by atoms with Crippen LogP contribution in [0.3, 0.4) is 0 Å². The molecule has 0 atom stereocenters. The predicted octanol–water partition coefficient (Wildman–Crippen LogP) is 0.395. The van der Waals surface area contributed by atoms with Crippen LogP contribution < -0.4 is 5.73 Å². The molecule has 0 unspecified atom stereocenters. The molecule has 0 aliphatic carbocycles. The third kappa shape index (κ3) is 1.25. The number of ether oxygens (including phenoxy) is 1. The number of carbonyl (C=O) groups is 1. The van der Waals surface area contributed by atoms with Crippen LogP contribution in [0.2, 0.25) is 0 Å². The summed E-state index contributed by atoms with van der Waals surface area (Å²) in [7, 11) is 0. The molecule has 2 bridgehead atoms. The van der Waals surface area contributed by atoms with Gasteiger partial charge in [0.2, 0.25) is 0 Å². The Morgan fingerprint density at radius 1 is 1.56 bits per heavy atom. The van der Waals surface area contributed by atoms with Crippen molar-refractivity contribution in [1.29, 1.82) is 0 Å². The Kier molecular flexibility index (Phi) is 1.73. The number of allylic oxidation sites excluding steroid dienone is 3. The van der Waals surface area contributed by atoms with Crippen molar-refractivity contribution in [3.63, 3.8) is 0 Å². The molecule has 0 fully saturated rings. The van der Waals surface area contributed by atoms with Crippen LogP contribution in [-0.4, -0.2) is 23.2 Å². The molecule has 1 amide bonds. The zero-order chi connectivity index (χ0) is 11.1. The normalized spacial score (nSPS) is 21.1. The van der Waals surface area contributed by atoms with Gasteiger partial charge >= 0.3 is 0 Å². The summed E-state index contributed by atoms with van der Waals surface area (Å²) in [6.07, 6.45) is 9.11. The average Bonchev–Trinajstić information content (AvgIpc) is 2.29. The Morgan fingerprint density at radius 2 is 2.44 bits per heavy atom. The van der Waals surface area contributed by atoms with Crippen molar-refractivity contribution >= 4 is 11.7 Å². The summed E-state index contributed by atoms with van der Waals surface area (Å²) in [5.74, 6) is 1.53. The highest BCUT2D eigenvalue weighted by molar-refractivity contribution is 6.04. The Hall–Kier alpha value is -2.30. The van der Waals surface area contributed by atoms with Crippen molar-refractivity contribution in [1.82, 2.24) is 4.90 Å². The van der Waals surface area contributed by atoms with Gasteiger partial charge in [-0.3, -0.25) is 4.79 Å². The highest BCUT2D eigenvalue weighted by Crippen LogP contribution is 2.26. The summed E-state index contributed by atoms with van der Waals surface area (Å²) < 4.78 is 5.50. The molecule has 3 heterocycles. The average molecular weight is 215 g/mol. The fraction of sp³-hybridized carbons (Fsp3) is 0.0909. The minimum absolute atomic E-state index is 0.280. The van der Waals surface area contributed by atoms with Gasteiger partial charge in [0, 0.05) is 12.7 Å². The van der Waals surface area contributed by atoms with Gasteiger partial charge in [-0.1, -0.05) is 6.08 Å². The van der Waals surface area contributed by atoms with Gasteiger partial charge in [-0.15, -0.1) is 0 Å². The largest absolute Gasteiger partial charge is 0.452 e. The van der Waals surface area contributed by atoms with Crippen LogP contribution in [0.5, 0.6) is 0 Å². The maximum atomic E-state index is 11.0. The first-order valence-corrected chi connectivity index (χ1v) is 4.88. The lowest BCUT2D eigenvalue weighted by Gasteiger charge is -2.31. The second-order valence-corrected chi connectivity index (χ2v) is 3.56. The molecule has 0 saturated carbocycles. The first-order valence-electron chi connectivity index (χ1n) is 4.88. The second kappa shape index (κ2) is 3.10. The maximum Gasteiger partial charge on any atom is 0.267 e. The summed E-state index contributed by atoms with van der Waals surface area (Å²) in [6.45, 7) is 0.579. The van der Waals surface area contributed by atoms with E-state index in [1.54, 1.807) is 6.08 Å². The summed E-state index contributed by atoms with van der Waals surface area (Å²) in [5, 5.41) is 0. The first-order chi connectivity index (χ1) is 7.74. The molecule has 3 aliphatic heterocycles. The van der Waals surface area contributed by atoms with Crippen molar-refractivity contribution < 1.29 is 9.53 Å². The van der Waals surface area contributed by atoms with Crippen LogP contribution >= 0.6 is 0 Å². The van der Waals surface area contributed by atoms with E-state index in [4.69, 9.17) is 10.5 Å². The van der Waals surface area contributed by atoms with E-state index in [1.807, 2.05) is 29.3 Å². The number of primary amides is 1. The van der Waals surface area contributed by atoms with Crippen molar-refractivity contribution in [2.45, 2.75) is 0 Å². The number of carbonyl (C=O) groups excluding carboxylic acids is 1. The van der Waals surface area contributed by atoms with Gasteiger partial charge in [0.15, 0.2) is 11.6 Å². The Labute approximate surface area is 91.9 Å². The van der Waals surface area contributed by atoms with Crippen molar-refractivity contribution in [2.75, 3.05) is 6.54 Å². The molecule has 3 aliphatic rings. The van der Waals surface area contributed by atoms with Crippen molar-refractivity contribution in [3.8, 4) is 0 Å². The van der Waals surface area contributed by atoms with Crippen molar-refractivity contribution in [3.05, 3.63) is 47.7 Å². The highest BCUT2D eigenvalue weighted by Gasteiger charge is 2.27. The Bertz CT molecular complexity index is 523. The number of nitrogens with zero attached hydrogens (tertiary/aromatic N) is 2. The van der Waals surface area contributed by atoms with Gasteiger partial charge in [-0.2, -0.15) is 0 Å². The SMILES string of the molecule is NC(=O)C1=CCN2C=C3C=CC=C(O3)C2=N1. The molecule has 80 valence electrons. The number of amidine groups is 1. The minimum Gasteiger partial charge on any atom is -0.452 e. The van der Waals surface area contributed by atoms with E-state index in [2.05, 4.69) is 4.99 Å². The van der Waals surface area contributed by atoms with Crippen molar-refractivity contribution in [2.24, 2.45) is 10.7 Å². The van der Waals surface area contributed by atoms with E-state index in [0.29, 0.717) is 18.1 Å². The molecule has 3 rings (SSSR count). The smallest absolute Gasteiger partial charge is 0.267 e. The third-order valence-corrected chi connectivity index (χ3v) is 2.47. The molecule has 0 spiro atoms. The molecule has 16 heavy (non-hydrogen) atoms. The van der Waals surface area contributed by atoms with Crippen LogP contribution in [0, 0.1) is 0 Å². The number of hydrogen-bond donors (Lipinski definition) is 1. The Balaban J connectivity index is 2.07. The monoisotopic (exact) mass is 215 g/mol. The number of fused-ring (bicyclic) bond motifs is 4. The van der Waals surface area contributed by atoms with E-state index in [-0.39, 0.29) is 5.70 Å². The summed E-state index contributed by atoms with van der Waals surface area (Å²) >= 11 is 0. The van der Waals surface area contributed by atoms with E-state index in [0.717, 1.165) is 5.76 Å².